The molecule has 1 amide bonds. The van der Waals surface area contributed by atoms with Gasteiger partial charge in [0.15, 0.2) is 0 Å². The summed E-state index contributed by atoms with van der Waals surface area (Å²) >= 11 is 0. The molecule has 19 heavy (non-hydrogen) atoms. The molecule has 1 aliphatic carbocycles. The number of carbonyl (C=O) groups excluding carboxylic acids is 1. The second-order valence-electron chi connectivity index (χ2n) is 5.28. The molecule has 3 N–H and O–H groups in total. The van der Waals surface area contributed by atoms with Crippen LogP contribution in [0, 0.1) is 5.41 Å². The number of hydrogen-bond donors (Lipinski definition) is 2. The molecule has 7 heteroatoms. The largest absolute Gasteiger partial charge is 0.350 e. The van der Waals surface area contributed by atoms with E-state index in [0.29, 0.717) is 6.54 Å². The number of alkyl halides is 4. The Hall–Kier alpha value is -0.850. The topological polar surface area (TPSA) is 55.1 Å². The highest BCUT2D eigenvalue weighted by atomic mass is 19.3. The highest BCUT2D eigenvalue weighted by Crippen LogP contribution is 2.38. The highest BCUT2D eigenvalue weighted by Gasteiger charge is 2.41. The Morgan fingerprint density at radius 1 is 1.26 bits per heavy atom. The van der Waals surface area contributed by atoms with Gasteiger partial charge in [-0.25, -0.2) is 8.78 Å². The first kappa shape index (κ1) is 16.2. The Morgan fingerprint density at radius 2 is 1.84 bits per heavy atom. The van der Waals surface area contributed by atoms with Crippen molar-refractivity contribution in [1.29, 1.82) is 0 Å². The van der Waals surface area contributed by atoms with Gasteiger partial charge in [-0.15, -0.1) is 0 Å². The molecule has 0 aromatic rings. The summed E-state index contributed by atoms with van der Waals surface area (Å²) in [6.45, 7) is -1.02. The Labute approximate surface area is 109 Å². The van der Waals surface area contributed by atoms with Crippen molar-refractivity contribution in [3.05, 3.63) is 0 Å². The molecule has 0 aliphatic heterocycles. The van der Waals surface area contributed by atoms with Crippen molar-refractivity contribution in [3.63, 3.8) is 0 Å². The second kappa shape index (κ2) is 6.54. The monoisotopic (exact) mass is 284 g/mol. The minimum atomic E-state index is -4.18. The fourth-order valence-corrected chi connectivity index (χ4v) is 2.45. The fourth-order valence-electron chi connectivity index (χ4n) is 2.45. The molecule has 1 aliphatic rings. The molecule has 0 unspecified atom stereocenters. The van der Waals surface area contributed by atoms with E-state index in [1.807, 2.05) is 5.32 Å². The molecule has 1 saturated carbocycles. The number of rotatable bonds is 6. The first-order valence-electron chi connectivity index (χ1n) is 6.44. The van der Waals surface area contributed by atoms with Gasteiger partial charge >= 0.3 is 12.3 Å². The van der Waals surface area contributed by atoms with Gasteiger partial charge in [0.2, 0.25) is 5.91 Å². The number of halogens is 4. The van der Waals surface area contributed by atoms with Crippen molar-refractivity contribution in [2.24, 2.45) is 11.1 Å². The van der Waals surface area contributed by atoms with Gasteiger partial charge in [-0.1, -0.05) is 19.3 Å². The zero-order chi connectivity index (χ0) is 14.5. The Kier molecular flexibility index (Phi) is 5.58. The molecule has 1 fully saturated rings. The van der Waals surface area contributed by atoms with Crippen LogP contribution in [0.15, 0.2) is 0 Å². The van der Waals surface area contributed by atoms with Crippen LogP contribution in [0.2, 0.25) is 0 Å². The SMILES string of the molecule is NCC1(CC(=O)NCC(F)(F)C(F)F)CCCCC1. The van der Waals surface area contributed by atoms with Crippen LogP contribution < -0.4 is 11.1 Å². The molecular weight excluding hydrogens is 264 g/mol. The van der Waals surface area contributed by atoms with Gasteiger partial charge < -0.3 is 11.1 Å². The van der Waals surface area contributed by atoms with Crippen molar-refractivity contribution in [2.75, 3.05) is 13.1 Å². The first-order chi connectivity index (χ1) is 8.81. The van der Waals surface area contributed by atoms with E-state index in [0.717, 1.165) is 32.1 Å². The maximum Gasteiger partial charge on any atom is 0.324 e. The molecule has 0 radical (unpaired) electrons. The van der Waals surface area contributed by atoms with Crippen molar-refractivity contribution in [3.8, 4) is 0 Å². The van der Waals surface area contributed by atoms with Crippen LogP contribution in [0.5, 0.6) is 0 Å². The van der Waals surface area contributed by atoms with E-state index in [2.05, 4.69) is 0 Å². The predicted molar refractivity (Wildman–Crippen MR) is 63.2 cm³/mol. The van der Waals surface area contributed by atoms with Crippen molar-refractivity contribution in [1.82, 2.24) is 5.32 Å². The number of hydrogen-bond acceptors (Lipinski definition) is 2. The molecular formula is C12H20F4N2O. The highest BCUT2D eigenvalue weighted by molar-refractivity contribution is 5.76. The maximum atomic E-state index is 12.7. The lowest BCUT2D eigenvalue weighted by Gasteiger charge is -2.35. The first-order valence-corrected chi connectivity index (χ1v) is 6.44. The van der Waals surface area contributed by atoms with E-state index in [1.165, 1.54) is 0 Å². The van der Waals surface area contributed by atoms with Crippen LogP contribution in [0.1, 0.15) is 38.5 Å². The smallest absolute Gasteiger partial charge is 0.324 e. The number of nitrogens with one attached hydrogen (secondary N) is 1. The van der Waals surface area contributed by atoms with E-state index >= 15 is 0 Å². The van der Waals surface area contributed by atoms with Gasteiger partial charge in [-0.2, -0.15) is 8.78 Å². The maximum absolute atomic E-state index is 12.7. The molecule has 0 atom stereocenters. The van der Waals surface area contributed by atoms with E-state index in [4.69, 9.17) is 5.73 Å². The lowest BCUT2D eigenvalue weighted by atomic mass is 9.71. The summed E-state index contributed by atoms with van der Waals surface area (Å²) in [7, 11) is 0. The molecule has 0 aromatic heterocycles. The minimum absolute atomic E-state index is 0.0306. The zero-order valence-electron chi connectivity index (χ0n) is 10.7. The summed E-state index contributed by atoms with van der Waals surface area (Å²) in [5, 5.41) is 1.89. The van der Waals surface area contributed by atoms with Crippen LogP contribution in [-0.2, 0) is 4.79 Å². The second-order valence-corrected chi connectivity index (χ2v) is 5.28. The average molecular weight is 284 g/mol. The predicted octanol–water partition coefficient (Wildman–Crippen LogP) is 2.30. The van der Waals surface area contributed by atoms with Gasteiger partial charge in [0.25, 0.3) is 0 Å². The van der Waals surface area contributed by atoms with Gasteiger partial charge in [-0.05, 0) is 24.8 Å². The van der Waals surface area contributed by atoms with Gasteiger partial charge in [-0.3, -0.25) is 4.79 Å². The third kappa shape index (κ3) is 4.63. The summed E-state index contributed by atoms with van der Waals surface area (Å²) < 4.78 is 49.2. The fraction of sp³-hybridized carbons (Fsp3) is 0.917. The van der Waals surface area contributed by atoms with Crippen LogP contribution in [-0.4, -0.2) is 31.3 Å². The van der Waals surface area contributed by atoms with Gasteiger partial charge in [0.05, 0.1) is 6.54 Å². The molecule has 112 valence electrons. The standard InChI is InChI=1S/C12H20F4N2O/c13-10(14)12(15,16)8-18-9(19)6-11(7-17)4-2-1-3-5-11/h10H,1-8,17H2,(H,18,19). The quantitative estimate of drug-likeness (QED) is 0.735. The third-order valence-corrected chi connectivity index (χ3v) is 3.72. The molecule has 0 heterocycles. The average Bonchev–Trinajstić information content (AvgIpc) is 2.37. The third-order valence-electron chi connectivity index (χ3n) is 3.72. The zero-order valence-corrected chi connectivity index (χ0v) is 10.7. The molecule has 0 bridgehead atoms. The Balaban J connectivity index is 2.46. The van der Waals surface area contributed by atoms with E-state index < -0.39 is 24.8 Å². The van der Waals surface area contributed by atoms with E-state index in [-0.39, 0.29) is 11.8 Å². The molecule has 0 aromatic carbocycles. The molecule has 0 spiro atoms. The minimum Gasteiger partial charge on any atom is -0.350 e. The normalized spacial score (nSPS) is 19.5. The summed E-state index contributed by atoms with van der Waals surface area (Å²) in [5.41, 5.74) is 5.31. The van der Waals surface area contributed by atoms with E-state index in [9.17, 15) is 22.4 Å². The summed E-state index contributed by atoms with van der Waals surface area (Å²) in [5.74, 6) is -4.81. The van der Waals surface area contributed by atoms with E-state index in [1.54, 1.807) is 0 Å². The van der Waals surface area contributed by atoms with Crippen LogP contribution in [0.3, 0.4) is 0 Å². The van der Waals surface area contributed by atoms with Crippen LogP contribution in [0.25, 0.3) is 0 Å². The van der Waals surface area contributed by atoms with Crippen molar-refractivity contribution in [2.45, 2.75) is 50.9 Å². The number of amides is 1. The van der Waals surface area contributed by atoms with Crippen LogP contribution in [0.4, 0.5) is 17.6 Å². The lowest BCUT2D eigenvalue weighted by molar-refractivity contribution is -0.138. The Morgan fingerprint density at radius 3 is 2.32 bits per heavy atom. The molecule has 0 saturated heterocycles. The van der Waals surface area contributed by atoms with Gasteiger partial charge in [0.1, 0.15) is 0 Å². The van der Waals surface area contributed by atoms with Crippen molar-refractivity contribution >= 4 is 5.91 Å². The summed E-state index contributed by atoms with van der Waals surface area (Å²) in [6.07, 6.45) is 0.806. The molecule has 3 nitrogen and oxygen atoms in total. The van der Waals surface area contributed by atoms with Crippen molar-refractivity contribution < 1.29 is 22.4 Å². The summed E-state index contributed by atoms with van der Waals surface area (Å²) in [6, 6.07) is 0. The van der Waals surface area contributed by atoms with Gasteiger partial charge in [0, 0.05) is 6.42 Å². The van der Waals surface area contributed by atoms with Crippen LogP contribution >= 0.6 is 0 Å². The Bertz CT molecular complexity index is 304. The summed E-state index contributed by atoms with van der Waals surface area (Å²) in [4.78, 5) is 11.6. The lowest BCUT2D eigenvalue weighted by Crippen LogP contribution is -2.44. The number of carbonyl (C=O) groups is 1. The molecule has 1 rings (SSSR count). The number of nitrogens with two attached hydrogens (primary N) is 1.